The molecule has 2 saturated heterocycles. The third-order valence-corrected chi connectivity index (χ3v) is 5.10. The monoisotopic (exact) mass is 349 g/mol. The van der Waals surface area contributed by atoms with Gasteiger partial charge in [0, 0.05) is 49.4 Å². The highest BCUT2D eigenvalue weighted by Crippen LogP contribution is 2.25. The Morgan fingerprint density at radius 1 is 1.21 bits per heavy atom. The zero-order chi connectivity index (χ0) is 17.3. The minimum Gasteiger partial charge on any atom is -0.368 e. The average molecular weight is 350 g/mol. The van der Waals surface area contributed by atoms with Crippen LogP contribution in [0.15, 0.2) is 24.3 Å². The molecule has 2 amide bonds. The summed E-state index contributed by atoms with van der Waals surface area (Å²) in [7, 11) is 0. The molecule has 2 fully saturated rings. The maximum absolute atomic E-state index is 12.9. The molecule has 0 bridgehead atoms. The Hall–Kier alpha value is -1.75. The van der Waals surface area contributed by atoms with Gasteiger partial charge in [-0.25, -0.2) is 0 Å². The van der Waals surface area contributed by atoms with E-state index in [1.807, 2.05) is 43.0 Å². The summed E-state index contributed by atoms with van der Waals surface area (Å²) in [6.07, 6.45) is 1.13. The van der Waals surface area contributed by atoms with Gasteiger partial charge < -0.3 is 14.7 Å². The minimum atomic E-state index is -0.282. The van der Waals surface area contributed by atoms with Crippen molar-refractivity contribution in [1.82, 2.24) is 9.80 Å². The zero-order valence-electron chi connectivity index (χ0n) is 14.2. The van der Waals surface area contributed by atoms with Gasteiger partial charge in [-0.15, -0.1) is 0 Å². The number of likely N-dealkylation sites (tertiary alicyclic amines) is 1. The molecular formula is C18H24ClN3O2. The van der Waals surface area contributed by atoms with Crippen LogP contribution in [-0.4, -0.2) is 59.9 Å². The number of halogens is 1. The first-order valence-electron chi connectivity index (χ1n) is 8.58. The number of anilines is 1. The lowest BCUT2D eigenvalue weighted by atomic mass is 10.1. The molecule has 5 nitrogen and oxygen atoms in total. The largest absolute Gasteiger partial charge is 0.368 e. The van der Waals surface area contributed by atoms with Crippen molar-refractivity contribution >= 4 is 29.1 Å². The molecule has 0 aromatic heterocycles. The smallest absolute Gasteiger partial charge is 0.245 e. The zero-order valence-corrected chi connectivity index (χ0v) is 15.0. The molecule has 2 heterocycles. The quantitative estimate of drug-likeness (QED) is 0.841. The Kier molecular flexibility index (Phi) is 4.99. The molecule has 0 radical (unpaired) electrons. The Balaban J connectivity index is 1.62. The molecule has 0 N–H and O–H groups in total. The van der Waals surface area contributed by atoms with E-state index in [2.05, 4.69) is 4.90 Å². The number of nitrogens with zero attached hydrogens (tertiary/aromatic N) is 3. The maximum atomic E-state index is 12.9. The van der Waals surface area contributed by atoms with Crippen LogP contribution in [0, 0.1) is 0 Å². The summed E-state index contributed by atoms with van der Waals surface area (Å²) in [5, 5.41) is 0.725. The van der Waals surface area contributed by atoms with Crippen LogP contribution in [0.5, 0.6) is 0 Å². The van der Waals surface area contributed by atoms with Crippen LogP contribution >= 0.6 is 11.6 Å². The lowest BCUT2D eigenvalue weighted by molar-refractivity contribution is -0.143. The standard InChI is InChI=1S/C18H24ClN3O2/c1-13(2)22-16(6-7-17(22)23)18(24)21-10-8-20(9-11-21)15-5-3-4-14(19)12-15/h3-5,12-13,16H,6-11H2,1-2H3. The normalized spacial score (nSPS) is 21.8. The highest BCUT2D eigenvalue weighted by molar-refractivity contribution is 6.30. The Morgan fingerprint density at radius 3 is 2.54 bits per heavy atom. The number of hydrogen-bond donors (Lipinski definition) is 0. The molecule has 0 spiro atoms. The molecule has 24 heavy (non-hydrogen) atoms. The highest BCUT2D eigenvalue weighted by atomic mass is 35.5. The summed E-state index contributed by atoms with van der Waals surface area (Å²) in [4.78, 5) is 30.8. The van der Waals surface area contributed by atoms with Crippen molar-refractivity contribution in [3.63, 3.8) is 0 Å². The van der Waals surface area contributed by atoms with Crippen molar-refractivity contribution in [2.75, 3.05) is 31.1 Å². The molecule has 2 aliphatic rings. The van der Waals surface area contributed by atoms with Crippen molar-refractivity contribution < 1.29 is 9.59 Å². The van der Waals surface area contributed by atoms with Gasteiger partial charge in [0.2, 0.25) is 11.8 Å². The van der Waals surface area contributed by atoms with E-state index in [-0.39, 0.29) is 23.9 Å². The van der Waals surface area contributed by atoms with E-state index in [0.29, 0.717) is 25.9 Å². The SMILES string of the molecule is CC(C)N1C(=O)CCC1C(=O)N1CCN(c2cccc(Cl)c2)CC1. The first-order valence-corrected chi connectivity index (χ1v) is 8.95. The summed E-state index contributed by atoms with van der Waals surface area (Å²) >= 11 is 6.06. The molecule has 0 saturated carbocycles. The molecule has 1 aromatic carbocycles. The fourth-order valence-electron chi connectivity index (χ4n) is 3.66. The Morgan fingerprint density at radius 2 is 1.92 bits per heavy atom. The van der Waals surface area contributed by atoms with E-state index in [1.165, 1.54) is 0 Å². The van der Waals surface area contributed by atoms with E-state index in [1.54, 1.807) is 4.90 Å². The molecule has 1 unspecified atom stereocenters. The van der Waals surface area contributed by atoms with Crippen LogP contribution in [0.1, 0.15) is 26.7 Å². The third-order valence-electron chi connectivity index (χ3n) is 4.86. The van der Waals surface area contributed by atoms with Crippen LogP contribution in [0.2, 0.25) is 5.02 Å². The molecule has 1 atom stereocenters. The van der Waals surface area contributed by atoms with Gasteiger partial charge in [-0.3, -0.25) is 9.59 Å². The molecule has 0 aliphatic carbocycles. The molecule has 130 valence electrons. The fraction of sp³-hybridized carbons (Fsp3) is 0.556. The van der Waals surface area contributed by atoms with Crippen LogP contribution in [-0.2, 0) is 9.59 Å². The third kappa shape index (κ3) is 3.36. The number of benzene rings is 1. The second-order valence-electron chi connectivity index (χ2n) is 6.74. The summed E-state index contributed by atoms with van der Waals surface area (Å²) in [6, 6.07) is 7.59. The fourth-order valence-corrected chi connectivity index (χ4v) is 3.85. The van der Waals surface area contributed by atoms with E-state index in [9.17, 15) is 9.59 Å². The van der Waals surface area contributed by atoms with Gasteiger partial charge in [-0.05, 0) is 38.5 Å². The number of rotatable bonds is 3. The summed E-state index contributed by atoms with van der Waals surface area (Å²) in [5.41, 5.74) is 1.09. The molecule has 3 rings (SSSR count). The van der Waals surface area contributed by atoms with E-state index in [4.69, 9.17) is 11.6 Å². The number of amides is 2. The molecule has 1 aromatic rings. The number of hydrogen-bond acceptors (Lipinski definition) is 3. The van der Waals surface area contributed by atoms with Crippen molar-refractivity contribution in [3.05, 3.63) is 29.3 Å². The lowest BCUT2D eigenvalue weighted by Gasteiger charge is -2.39. The van der Waals surface area contributed by atoms with Gasteiger partial charge >= 0.3 is 0 Å². The Bertz CT molecular complexity index is 626. The first-order chi connectivity index (χ1) is 11.5. The molecular weight excluding hydrogens is 326 g/mol. The number of carbonyl (C=O) groups is 2. The predicted molar refractivity (Wildman–Crippen MR) is 95.2 cm³/mol. The summed E-state index contributed by atoms with van der Waals surface area (Å²) < 4.78 is 0. The average Bonchev–Trinajstić information content (AvgIpc) is 2.96. The maximum Gasteiger partial charge on any atom is 0.245 e. The van der Waals surface area contributed by atoms with Gasteiger partial charge in [-0.1, -0.05) is 17.7 Å². The van der Waals surface area contributed by atoms with Crippen LogP contribution in [0.25, 0.3) is 0 Å². The highest BCUT2D eigenvalue weighted by Gasteiger charge is 2.40. The van der Waals surface area contributed by atoms with Gasteiger partial charge in [0.25, 0.3) is 0 Å². The van der Waals surface area contributed by atoms with Gasteiger partial charge in [0.1, 0.15) is 6.04 Å². The van der Waals surface area contributed by atoms with Crippen molar-refractivity contribution in [3.8, 4) is 0 Å². The van der Waals surface area contributed by atoms with Crippen LogP contribution in [0.4, 0.5) is 5.69 Å². The molecule has 6 heteroatoms. The predicted octanol–water partition coefficient (Wildman–Crippen LogP) is 2.39. The number of carbonyl (C=O) groups excluding carboxylic acids is 2. The van der Waals surface area contributed by atoms with Gasteiger partial charge in [0.15, 0.2) is 0 Å². The van der Waals surface area contributed by atoms with Crippen molar-refractivity contribution in [1.29, 1.82) is 0 Å². The van der Waals surface area contributed by atoms with Crippen LogP contribution < -0.4 is 4.90 Å². The lowest BCUT2D eigenvalue weighted by Crippen LogP contribution is -2.55. The molecule has 2 aliphatic heterocycles. The topological polar surface area (TPSA) is 43.9 Å². The first kappa shape index (κ1) is 17.1. The second kappa shape index (κ2) is 7.01. The minimum absolute atomic E-state index is 0.0710. The van der Waals surface area contributed by atoms with Gasteiger partial charge in [-0.2, -0.15) is 0 Å². The van der Waals surface area contributed by atoms with E-state index < -0.39 is 0 Å². The van der Waals surface area contributed by atoms with Gasteiger partial charge in [0.05, 0.1) is 0 Å². The Labute approximate surface area is 148 Å². The van der Waals surface area contributed by atoms with Crippen molar-refractivity contribution in [2.24, 2.45) is 0 Å². The second-order valence-corrected chi connectivity index (χ2v) is 7.18. The van der Waals surface area contributed by atoms with E-state index >= 15 is 0 Å². The number of piperazine rings is 1. The van der Waals surface area contributed by atoms with Crippen LogP contribution in [0.3, 0.4) is 0 Å². The summed E-state index contributed by atoms with van der Waals surface area (Å²) in [6.45, 7) is 6.88. The summed E-state index contributed by atoms with van der Waals surface area (Å²) in [5.74, 6) is 0.196. The van der Waals surface area contributed by atoms with Crippen molar-refractivity contribution in [2.45, 2.75) is 38.8 Å². The van der Waals surface area contributed by atoms with E-state index in [0.717, 1.165) is 23.8 Å².